The van der Waals surface area contributed by atoms with E-state index >= 15 is 0 Å². The highest BCUT2D eigenvalue weighted by Crippen LogP contribution is 2.05. The molecule has 0 saturated heterocycles. The molecule has 0 radical (unpaired) electrons. The summed E-state index contributed by atoms with van der Waals surface area (Å²) in [5.41, 5.74) is 0.704. The van der Waals surface area contributed by atoms with Crippen molar-refractivity contribution in [3.8, 4) is 0 Å². The van der Waals surface area contributed by atoms with Crippen LogP contribution in [0.2, 0.25) is 0 Å². The standard InChI is InChI=1S/C8H10N2O2S/c1-5-9-3-2-6(10-5)4-7(13)8(11)12/h2-3,7,13H,4H2,1H3,(H,11,12). The van der Waals surface area contributed by atoms with Crippen molar-refractivity contribution in [3.05, 3.63) is 23.8 Å². The molecular weight excluding hydrogens is 188 g/mol. The monoisotopic (exact) mass is 198 g/mol. The normalized spacial score (nSPS) is 12.5. The zero-order valence-electron chi connectivity index (χ0n) is 7.14. The van der Waals surface area contributed by atoms with Gasteiger partial charge in [0.25, 0.3) is 0 Å². The Morgan fingerprint density at radius 3 is 3.00 bits per heavy atom. The molecule has 0 spiro atoms. The van der Waals surface area contributed by atoms with E-state index in [4.69, 9.17) is 5.11 Å². The Balaban J connectivity index is 2.69. The van der Waals surface area contributed by atoms with Gasteiger partial charge in [0.05, 0.1) is 0 Å². The van der Waals surface area contributed by atoms with Gasteiger partial charge in [-0.05, 0) is 13.0 Å². The maximum absolute atomic E-state index is 10.5. The van der Waals surface area contributed by atoms with Crippen LogP contribution < -0.4 is 0 Å². The van der Waals surface area contributed by atoms with Crippen LogP contribution in [0, 0.1) is 6.92 Å². The molecule has 1 N–H and O–H groups in total. The predicted octanol–water partition coefficient (Wildman–Crippen LogP) is 0.711. The molecule has 0 aliphatic rings. The first-order valence-electron chi connectivity index (χ1n) is 3.79. The van der Waals surface area contributed by atoms with E-state index in [1.807, 2.05) is 0 Å². The van der Waals surface area contributed by atoms with E-state index < -0.39 is 11.2 Å². The second kappa shape index (κ2) is 4.23. The van der Waals surface area contributed by atoms with E-state index in [1.165, 1.54) is 0 Å². The molecule has 0 bridgehead atoms. The van der Waals surface area contributed by atoms with Gasteiger partial charge in [0.1, 0.15) is 11.1 Å². The Morgan fingerprint density at radius 2 is 2.46 bits per heavy atom. The number of hydrogen-bond acceptors (Lipinski definition) is 4. The summed E-state index contributed by atoms with van der Waals surface area (Å²) in [7, 11) is 0. The lowest BCUT2D eigenvalue weighted by atomic mass is 10.2. The van der Waals surface area contributed by atoms with Gasteiger partial charge in [-0.1, -0.05) is 0 Å². The zero-order chi connectivity index (χ0) is 9.84. The molecule has 0 saturated carbocycles. The van der Waals surface area contributed by atoms with E-state index in [0.29, 0.717) is 17.9 Å². The molecular formula is C8H10N2O2S. The third-order valence-corrected chi connectivity index (χ3v) is 1.92. The summed E-state index contributed by atoms with van der Waals surface area (Å²) < 4.78 is 0. The fourth-order valence-electron chi connectivity index (χ4n) is 0.904. The van der Waals surface area contributed by atoms with Crippen molar-refractivity contribution in [3.63, 3.8) is 0 Å². The quantitative estimate of drug-likeness (QED) is 0.702. The van der Waals surface area contributed by atoms with Gasteiger partial charge in [0.2, 0.25) is 0 Å². The summed E-state index contributed by atoms with van der Waals surface area (Å²) in [6, 6.07) is 1.69. The zero-order valence-corrected chi connectivity index (χ0v) is 8.03. The van der Waals surface area contributed by atoms with Crippen LogP contribution in [0.3, 0.4) is 0 Å². The third-order valence-electron chi connectivity index (χ3n) is 1.52. The van der Waals surface area contributed by atoms with Crippen LogP contribution in [-0.4, -0.2) is 26.3 Å². The molecule has 4 nitrogen and oxygen atoms in total. The Labute approximate surface area is 81.4 Å². The fraction of sp³-hybridized carbons (Fsp3) is 0.375. The summed E-state index contributed by atoms with van der Waals surface area (Å²) in [6.45, 7) is 1.76. The summed E-state index contributed by atoms with van der Waals surface area (Å²) >= 11 is 3.91. The van der Waals surface area contributed by atoms with Crippen LogP contribution in [0.4, 0.5) is 0 Å². The summed E-state index contributed by atoms with van der Waals surface area (Å²) in [4.78, 5) is 18.4. The number of nitrogens with zero attached hydrogens (tertiary/aromatic N) is 2. The second-order valence-corrected chi connectivity index (χ2v) is 3.28. The summed E-state index contributed by atoms with van der Waals surface area (Å²) in [5, 5.41) is 7.89. The maximum Gasteiger partial charge on any atom is 0.316 e. The number of rotatable bonds is 3. The van der Waals surface area contributed by atoms with Crippen molar-refractivity contribution in [1.82, 2.24) is 9.97 Å². The number of thiol groups is 1. The number of carboxylic acids is 1. The van der Waals surface area contributed by atoms with E-state index in [0.717, 1.165) is 0 Å². The lowest BCUT2D eigenvalue weighted by Gasteiger charge is -2.04. The van der Waals surface area contributed by atoms with Gasteiger partial charge in [0, 0.05) is 18.3 Å². The van der Waals surface area contributed by atoms with Crippen molar-refractivity contribution >= 4 is 18.6 Å². The molecule has 1 heterocycles. The average Bonchev–Trinajstić information content (AvgIpc) is 2.04. The van der Waals surface area contributed by atoms with Crippen molar-refractivity contribution in [2.45, 2.75) is 18.6 Å². The molecule has 0 aromatic carbocycles. The Bertz CT molecular complexity index is 317. The minimum Gasteiger partial charge on any atom is -0.480 e. The van der Waals surface area contributed by atoms with Crippen LogP contribution in [0.15, 0.2) is 12.3 Å². The number of carboxylic acid groups (broad SMARTS) is 1. The molecule has 1 atom stereocenters. The number of aromatic nitrogens is 2. The molecule has 0 aliphatic heterocycles. The molecule has 70 valence electrons. The number of carbonyl (C=O) groups is 1. The highest BCUT2D eigenvalue weighted by Gasteiger charge is 2.13. The lowest BCUT2D eigenvalue weighted by Crippen LogP contribution is -2.17. The van der Waals surface area contributed by atoms with E-state index in [2.05, 4.69) is 22.6 Å². The Kier molecular flexibility index (Phi) is 3.25. The highest BCUT2D eigenvalue weighted by atomic mass is 32.1. The van der Waals surface area contributed by atoms with Crippen LogP contribution >= 0.6 is 12.6 Å². The van der Waals surface area contributed by atoms with E-state index in [9.17, 15) is 4.79 Å². The molecule has 1 aromatic rings. The molecule has 1 rings (SSSR count). The van der Waals surface area contributed by atoms with Gasteiger partial charge in [-0.15, -0.1) is 0 Å². The topological polar surface area (TPSA) is 63.1 Å². The molecule has 5 heteroatoms. The molecule has 0 amide bonds. The number of aliphatic carboxylic acids is 1. The Morgan fingerprint density at radius 1 is 1.77 bits per heavy atom. The predicted molar refractivity (Wildman–Crippen MR) is 50.9 cm³/mol. The maximum atomic E-state index is 10.5. The third kappa shape index (κ3) is 3.02. The smallest absolute Gasteiger partial charge is 0.316 e. The first kappa shape index (κ1) is 9.98. The first-order valence-corrected chi connectivity index (χ1v) is 4.30. The van der Waals surface area contributed by atoms with Crippen LogP contribution in [0.1, 0.15) is 11.5 Å². The lowest BCUT2D eigenvalue weighted by molar-refractivity contribution is -0.136. The minimum absolute atomic E-state index is 0.321. The van der Waals surface area contributed by atoms with Crippen LogP contribution in [-0.2, 0) is 11.2 Å². The summed E-state index contributed by atoms with van der Waals surface area (Å²) in [5.74, 6) is -0.289. The van der Waals surface area contributed by atoms with Crippen molar-refractivity contribution in [2.24, 2.45) is 0 Å². The molecule has 1 aromatic heterocycles. The fourth-order valence-corrected chi connectivity index (χ4v) is 1.09. The van der Waals surface area contributed by atoms with Gasteiger partial charge >= 0.3 is 5.97 Å². The average molecular weight is 198 g/mol. The van der Waals surface area contributed by atoms with Crippen molar-refractivity contribution < 1.29 is 9.90 Å². The second-order valence-electron chi connectivity index (χ2n) is 2.65. The SMILES string of the molecule is Cc1nccc(CC(S)C(=O)O)n1. The van der Waals surface area contributed by atoms with Crippen LogP contribution in [0.25, 0.3) is 0 Å². The minimum atomic E-state index is -0.931. The summed E-state index contributed by atoms with van der Waals surface area (Å²) in [6.07, 6.45) is 1.93. The van der Waals surface area contributed by atoms with Gasteiger partial charge in [-0.3, -0.25) is 4.79 Å². The molecule has 0 aliphatic carbocycles. The first-order chi connectivity index (χ1) is 6.09. The number of hydrogen-bond donors (Lipinski definition) is 2. The van der Waals surface area contributed by atoms with Crippen molar-refractivity contribution in [2.75, 3.05) is 0 Å². The molecule has 1 unspecified atom stereocenters. The number of aryl methyl sites for hydroxylation is 1. The van der Waals surface area contributed by atoms with Gasteiger partial charge < -0.3 is 5.11 Å². The van der Waals surface area contributed by atoms with Gasteiger partial charge in [-0.2, -0.15) is 12.6 Å². The largest absolute Gasteiger partial charge is 0.480 e. The molecule has 13 heavy (non-hydrogen) atoms. The van der Waals surface area contributed by atoms with Gasteiger partial charge in [-0.25, -0.2) is 9.97 Å². The van der Waals surface area contributed by atoms with E-state index in [1.54, 1.807) is 19.2 Å². The molecule has 0 fully saturated rings. The van der Waals surface area contributed by atoms with Crippen LogP contribution in [0.5, 0.6) is 0 Å². The van der Waals surface area contributed by atoms with Gasteiger partial charge in [0.15, 0.2) is 0 Å². The van der Waals surface area contributed by atoms with E-state index in [-0.39, 0.29) is 0 Å². The highest BCUT2D eigenvalue weighted by molar-refractivity contribution is 7.81. The Hall–Kier alpha value is -1.10. The van der Waals surface area contributed by atoms with Crippen molar-refractivity contribution in [1.29, 1.82) is 0 Å².